The maximum atomic E-state index is 12.2. The van der Waals surface area contributed by atoms with Crippen LogP contribution in [-0.2, 0) is 11.2 Å². The van der Waals surface area contributed by atoms with Crippen LogP contribution in [0, 0.1) is 5.92 Å². The normalized spacial score (nSPS) is 14.3. The number of rotatable bonds is 7. The van der Waals surface area contributed by atoms with E-state index >= 15 is 0 Å². The Morgan fingerprint density at radius 1 is 1.13 bits per heavy atom. The van der Waals surface area contributed by atoms with E-state index < -0.39 is 0 Å². The molecule has 0 aromatic heterocycles. The van der Waals surface area contributed by atoms with Crippen LogP contribution in [-0.4, -0.2) is 42.6 Å². The molecule has 0 saturated carbocycles. The number of carbonyl (C=O) groups excluding carboxylic acids is 1. The predicted molar refractivity (Wildman–Crippen MR) is 125 cm³/mol. The number of hydrogen-bond donors (Lipinski definition) is 1. The summed E-state index contributed by atoms with van der Waals surface area (Å²) >= 11 is 5.69. The van der Waals surface area contributed by atoms with E-state index in [0.717, 1.165) is 54.5 Å². The first kappa shape index (κ1) is 22.1. The van der Waals surface area contributed by atoms with E-state index in [-0.39, 0.29) is 12.5 Å². The molecule has 0 unspecified atom stereocenters. The molecule has 2 aromatic rings. The third kappa shape index (κ3) is 5.72. The van der Waals surface area contributed by atoms with E-state index in [1.54, 1.807) is 7.11 Å². The molecule has 1 amide bonds. The van der Waals surface area contributed by atoms with Crippen molar-refractivity contribution >= 4 is 28.8 Å². The minimum Gasteiger partial charge on any atom is -0.493 e. The number of methoxy groups -OCH3 is 1. The molecule has 160 valence electrons. The third-order valence-electron chi connectivity index (χ3n) is 5.49. The first-order valence-electron chi connectivity index (χ1n) is 10.5. The van der Waals surface area contributed by atoms with Crippen LogP contribution in [0.2, 0.25) is 0 Å². The van der Waals surface area contributed by atoms with E-state index in [4.69, 9.17) is 21.7 Å². The van der Waals surface area contributed by atoms with E-state index in [9.17, 15) is 4.79 Å². The zero-order valence-electron chi connectivity index (χ0n) is 17.9. The summed E-state index contributed by atoms with van der Waals surface area (Å²) in [5.41, 5.74) is 2.92. The maximum absolute atomic E-state index is 12.2. The van der Waals surface area contributed by atoms with Gasteiger partial charge in [-0.05, 0) is 61.1 Å². The maximum Gasteiger partial charge on any atom is 0.262 e. The Morgan fingerprint density at radius 3 is 2.47 bits per heavy atom. The van der Waals surface area contributed by atoms with E-state index in [0.29, 0.717) is 11.5 Å². The zero-order valence-corrected chi connectivity index (χ0v) is 18.8. The quantitative estimate of drug-likeness (QED) is 0.652. The molecule has 0 aliphatic carbocycles. The van der Waals surface area contributed by atoms with Gasteiger partial charge in [0.05, 0.1) is 7.11 Å². The molecule has 1 heterocycles. The number of nitrogens with one attached hydrogen (secondary N) is 1. The molecule has 0 bridgehead atoms. The topological polar surface area (TPSA) is 50.8 Å². The average molecular weight is 427 g/mol. The highest BCUT2D eigenvalue weighted by Gasteiger charge is 2.20. The first-order chi connectivity index (χ1) is 14.5. The number of anilines is 1. The number of carbonyl (C=O) groups is 1. The minimum atomic E-state index is -0.219. The van der Waals surface area contributed by atoms with Gasteiger partial charge < -0.3 is 19.7 Å². The number of nitrogens with zero attached hydrogens (tertiary/aromatic N) is 1. The van der Waals surface area contributed by atoms with Gasteiger partial charge in [0, 0.05) is 24.3 Å². The van der Waals surface area contributed by atoms with Crippen LogP contribution in [0.3, 0.4) is 0 Å². The second-order valence-corrected chi connectivity index (χ2v) is 8.11. The summed E-state index contributed by atoms with van der Waals surface area (Å²) in [4.78, 5) is 15.3. The Labute approximate surface area is 184 Å². The summed E-state index contributed by atoms with van der Waals surface area (Å²) in [5.74, 6) is 1.63. The van der Waals surface area contributed by atoms with Crippen molar-refractivity contribution in [3.05, 3.63) is 53.6 Å². The van der Waals surface area contributed by atoms with Crippen molar-refractivity contribution in [2.24, 2.45) is 5.92 Å². The van der Waals surface area contributed by atoms with Gasteiger partial charge in [-0.15, -0.1) is 0 Å². The predicted octanol–water partition coefficient (Wildman–Crippen LogP) is 4.68. The van der Waals surface area contributed by atoms with Gasteiger partial charge in [-0.25, -0.2) is 0 Å². The van der Waals surface area contributed by atoms with E-state index in [1.807, 2.05) is 42.5 Å². The van der Waals surface area contributed by atoms with Crippen molar-refractivity contribution in [3.8, 4) is 11.5 Å². The fourth-order valence-electron chi connectivity index (χ4n) is 3.48. The fraction of sp³-hybridized carbons (Fsp3) is 0.417. The summed E-state index contributed by atoms with van der Waals surface area (Å²) in [6.45, 7) is 6.26. The summed E-state index contributed by atoms with van der Waals surface area (Å²) in [5, 5.41) is 2.84. The van der Waals surface area contributed by atoms with Crippen molar-refractivity contribution in [2.75, 3.05) is 32.1 Å². The highest BCUT2D eigenvalue weighted by Crippen LogP contribution is 2.29. The van der Waals surface area contributed by atoms with Crippen LogP contribution >= 0.6 is 12.2 Å². The standard InChI is InChI=1S/C24H30N2O3S/c1-4-18-5-8-20(9-6-18)25-23(27)16-29-21-10-7-19(15-22(21)28-3)24(30)26-13-11-17(2)12-14-26/h5-10,15,17H,4,11-14,16H2,1-3H3,(H,25,27). The molecule has 2 aromatic carbocycles. The van der Waals surface area contributed by atoms with Gasteiger partial charge in [0.2, 0.25) is 0 Å². The van der Waals surface area contributed by atoms with Crippen molar-refractivity contribution in [3.63, 3.8) is 0 Å². The molecule has 1 aliphatic rings. The third-order valence-corrected chi connectivity index (χ3v) is 5.98. The molecule has 0 spiro atoms. The Kier molecular flexibility index (Phi) is 7.69. The van der Waals surface area contributed by atoms with Crippen molar-refractivity contribution in [1.82, 2.24) is 4.90 Å². The first-order valence-corrected chi connectivity index (χ1v) is 10.9. The molecule has 0 radical (unpaired) electrons. The van der Waals surface area contributed by atoms with Crippen LogP contribution in [0.25, 0.3) is 0 Å². The lowest BCUT2D eigenvalue weighted by molar-refractivity contribution is -0.118. The monoisotopic (exact) mass is 426 g/mol. The average Bonchev–Trinajstić information content (AvgIpc) is 2.78. The minimum absolute atomic E-state index is 0.0975. The van der Waals surface area contributed by atoms with Crippen LogP contribution in [0.5, 0.6) is 11.5 Å². The van der Waals surface area contributed by atoms with E-state index in [1.165, 1.54) is 5.56 Å². The number of thiocarbonyl (C=S) groups is 1. The van der Waals surface area contributed by atoms with Gasteiger partial charge in [0.1, 0.15) is 4.99 Å². The number of aryl methyl sites for hydroxylation is 1. The molecule has 5 nitrogen and oxygen atoms in total. The SMILES string of the molecule is CCc1ccc(NC(=O)COc2ccc(C(=S)N3CCC(C)CC3)cc2OC)cc1. The fourth-order valence-corrected chi connectivity index (χ4v) is 3.79. The lowest BCUT2D eigenvalue weighted by atomic mass is 9.99. The smallest absolute Gasteiger partial charge is 0.262 e. The Bertz CT molecular complexity index is 875. The van der Waals surface area contributed by atoms with Crippen molar-refractivity contribution < 1.29 is 14.3 Å². The molecule has 1 aliphatic heterocycles. The Balaban J connectivity index is 1.59. The molecule has 0 atom stereocenters. The molecule has 30 heavy (non-hydrogen) atoms. The van der Waals surface area contributed by atoms with Gasteiger partial charge >= 0.3 is 0 Å². The number of benzene rings is 2. The number of hydrogen-bond acceptors (Lipinski definition) is 4. The highest BCUT2D eigenvalue weighted by atomic mass is 32.1. The summed E-state index contributed by atoms with van der Waals surface area (Å²) in [6.07, 6.45) is 3.29. The summed E-state index contributed by atoms with van der Waals surface area (Å²) < 4.78 is 11.2. The zero-order chi connectivity index (χ0) is 21.5. The van der Waals surface area contributed by atoms with Crippen LogP contribution in [0.15, 0.2) is 42.5 Å². The molecule has 1 saturated heterocycles. The largest absolute Gasteiger partial charge is 0.493 e. The second kappa shape index (κ2) is 10.4. The second-order valence-electron chi connectivity index (χ2n) is 7.73. The summed E-state index contributed by atoms with van der Waals surface area (Å²) in [6, 6.07) is 13.4. The highest BCUT2D eigenvalue weighted by molar-refractivity contribution is 7.80. The van der Waals surface area contributed by atoms with Crippen LogP contribution in [0.4, 0.5) is 5.69 Å². The molecule has 1 fully saturated rings. The van der Waals surface area contributed by atoms with Crippen LogP contribution < -0.4 is 14.8 Å². The molecular formula is C24H30N2O3S. The Hall–Kier alpha value is -2.60. The van der Waals surface area contributed by atoms with Crippen molar-refractivity contribution in [1.29, 1.82) is 0 Å². The summed E-state index contributed by atoms with van der Waals surface area (Å²) in [7, 11) is 1.59. The van der Waals surface area contributed by atoms with Crippen molar-refractivity contribution in [2.45, 2.75) is 33.1 Å². The van der Waals surface area contributed by atoms with E-state index in [2.05, 4.69) is 24.1 Å². The molecule has 1 N–H and O–H groups in total. The number of ether oxygens (including phenoxy) is 2. The lowest BCUT2D eigenvalue weighted by Crippen LogP contribution is -2.37. The van der Waals surface area contributed by atoms with Gasteiger partial charge in [-0.3, -0.25) is 4.79 Å². The van der Waals surface area contributed by atoms with Crippen LogP contribution in [0.1, 0.15) is 37.8 Å². The molecular weight excluding hydrogens is 396 g/mol. The van der Waals surface area contributed by atoms with Gasteiger partial charge in [-0.2, -0.15) is 0 Å². The Morgan fingerprint density at radius 2 is 1.83 bits per heavy atom. The number of likely N-dealkylation sites (tertiary alicyclic amines) is 1. The number of amides is 1. The van der Waals surface area contributed by atoms with Gasteiger partial charge in [-0.1, -0.05) is 38.2 Å². The van der Waals surface area contributed by atoms with Gasteiger partial charge in [0.25, 0.3) is 5.91 Å². The van der Waals surface area contributed by atoms with Gasteiger partial charge in [0.15, 0.2) is 18.1 Å². The molecule has 6 heteroatoms. The lowest BCUT2D eigenvalue weighted by Gasteiger charge is -2.32. The number of piperidine rings is 1. The molecule has 3 rings (SSSR count).